The van der Waals surface area contributed by atoms with E-state index in [0.29, 0.717) is 0 Å². The number of piperazine rings is 1. The van der Waals surface area contributed by atoms with Gasteiger partial charge in [-0.25, -0.2) is 0 Å². The van der Waals surface area contributed by atoms with E-state index in [9.17, 15) is 4.79 Å². The fraction of sp³-hybridized carbons (Fsp3) is 0.227. The lowest BCUT2D eigenvalue weighted by Gasteiger charge is -2.40. The first-order valence-electron chi connectivity index (χ1n) is 8.75. The summed E-state index contributed by atoms with van der Waals surface area (Å²) in [6.07, 6.45) is 0. The maximum Gasteiger partial charge on any atom is 0.254 e. The minimum atomic E-state index is 0.0962. The van der Waals surface area contributed by atoms with E-state index >= 15 is 0 Å². The molecule has 3 aromatic rings. The van der Waals surface area contributed by atoms with Gasteiger partial charge in [-0.3, -0.25) is 4.79 Å². The quantitative estimate of drug-likeness (QED) is 0.710. The normalized spacial score (nSPS) is 18.4. The number of benzene rings is 3. The average Bonchev–Trinajstić information content (AvgIpc) is 2.67. The van der Waals surface area contributed by atoms with Gasteiger partial charge in [-0.1, -0.05) is 60.7 Å². The second-order valence-corrected chi connectivity index (χ2v) is 6.75. The van der Waals surface area contributed by atoms with Crippen molar-refractivity contribution in [3.63, 3.8) is 0 Å². The first-order valence-corrected chi connectivity index (χ1v) is 8.75. The van der Waals surface area contributed by atoms with Crippen molar-refractivity contribution in [1.82, 2.24) is 9.80 Å². The van der Waals surface area contributed by atoms with E-state index in [4.69, 9.17) is 0 Å². The molecule has 0 aliphatic carbocycles. The summed E-state index contributed by atoms with van der Waals surface area (Å²) in [6.45, 7) is 2.52. The Labute approximate surface area is 148 Å². The fourth-order valence-electron chi connectivity index (χ4n) is 3.61. The molecule has 3 nitrogen and oxygen atoms in total. The van der Waals surface area contributed by atoms with Crippen molar-refractivity contribution in [3.8, 4) is 0 Å². The minimum absolute atomic E-state index is 0.0962. The van der Waals surface area contributed by atoms with Gasteiger partial charge in [0.25, 0.3) is 5.91 Å². The highest BCUT2D eigenvalue weighted by molar-refractivity contribution is 5.98. The standard InChI is InChI=1S/C22H22N2O/c1-23-13-14-24(21(16-23)18-8-3-2-4-9-18)22(25)20-12-11-17-7-5-6-10-19(17)15-20/h2-12,15,21H,13-14,16H2,1H3/t21-/m1/s1. The molecule has 0 saturated carbocycles. The van der Waals surface area contributed by atoms with E-state index in [1.807, 2.05) is 53.4 Å². The monoisotopic (exact) mass is 330 g/mol. The smallest absolute Gasteiger partial charge is 0.254 e. The lowest BCUT2D eigenvalue weighted by Crippen LogP contribution is -2.49. The largest absolute Gasteiger partial charge is 0.329 e. The van der Waals surface area contributed by atoms with Crippen molar-refractivity contribution >= 4 is 16.7 Å². The molecule has 126 valence electrons. The third kappa shape index (κ3) is 3.15. The molecule has 25 heavy (non-hydrogen) atoms. The maximum absolute atomic E-state index is 13.2. The molecule has 0 unspecified atom stereocenters. The molecule has 1 heterocycles. The van der Waals surface area contributed by atoms with Crippen LogP contribution in [0.2, 0.25) is 0 Å². The molecule has 0 aromatic heterocycles. The van der Waals surface area contributed by atoms with E-state index in [1.165, 1.54) is 5.56 Å². The Bertz CT molecular complexity index is 891. The molecule has 0 radical (unpaired) electrons. The minimum Gasteiger partial charge on any atom is -0.329 e. The van der Waals surface area contributed by atoms with Crippen LogP contribution >= 0.6 is 0 Å². The number of likely N-dealkylation sites (N-methyl/N-ethyl adjacent to an activating group) is 1. The van der Waals surface area contributed by atoms with E-state index < -0.39 is 0 Å². The molecule has 4 rings (SSSR count). The van der Waals surface area contributed by atoms with Crippen LogP contribution in [0.1, 0.15) is 22.0 Å². The molecule has 1 saturated heterocycles. The fourth-order valence-corrected chi connectivity index (χ4v) is 3.61. The zero-order chi connectivity index (χ0) is 17.2. The van der Waals surface area contributed by atoms with E-state index in [-0.39, 0.29) is 11.9 Å². The molecule has 1 atom stereocenters. The van der Waals surface area contributed by atoms with Gasteiger partial charge in [0.2, 0.25) is 0 Å². The molecule has 0 N–H and O–H groups in total. The van der Waals surface area contributed by atoms with Crippen LogP contribution in [0, 0.1) is 0 Å². The van der Waals surface area contributed by atoms with Crippen LogP contribution < -0.4 is 0 Å². The van der Waals surface area contributed by atoms with Crippen LogP contribution in [0.4, 0.5) is 0 Å². The van der Waals surface area contributed by atoms with Gasteiger partial charge < -0.3 is 9.80 Å². The SMILES string of the molecule is CN1CCN(C(=O)c2ccc3ccccc3c2)[C@@H](c2ccccc2)C1. The van der Waals surface area contributed by atoms with E-state index in [0.717, 1.165) is 36.0 Å². The number of nitrogens with zero attached hydrogens (tertiary/aromatic N) is 2. The molecule has 1 aliphatic rings. The molecular weight excluding hydrogens is 308 g/mol. The number of carbonyl (C=O) groups is 1. The molecule has 1 fully saturated rings. The van der Waals surface area contributed by atoms with Gasteiger partial charge in [0.15, 0.2) is 0 Å². The van der Waals surface area contributed by atoms with Crippen molar-refractivity contribution < 1.29 is 4.79 Å². The summed E-state index contributed by atoms with van der Waals surface area (Å²) < 4.78 is 0. The highest BCUT2D eigenvalue weighted by Crippen LogP contribution is 2.27. The van der Waals surface area contributed by atoms with Gasteiger partial charge in [0, 0.05) is 25.2 Å². The van der Waals surface area contributed by atoms with Gasteiger partial charge in [-0.2, -0.15) is 0 Å². The summed E-state index contributed by atoms with van der Waals surface area (Å²) in [4.78, 5) is 17.6. The summed E-state index contributed by atoms with van der Waals surface area (Å²) in [6, 6.07) is 24.6. The molecule has 0 bridgehead atoms. The van der Waals surface area contributed by atoms with E-state index in [2.05, 4.69) is 36.2 Å². The summed E-state index contributed by atoms with van der Waals surface area (Å²) in [7, 11) is 2.12. The van der Waals surface area contributed by atoms with Gasteiger partial charge in [-0.15, -0.1) is 0 Å². The van der Waals surface area contributed by atoms with Gasteiger partial charge in [0.1, 0.15) is 0 Å². The zero-order valence-electron chi connectivity index (χ0n) is 14.4. The van der Waals surface area contributed by atoms with Gasteiger partial charge >= 0.3 is 0 Å². The predicted molar refractivity (Wildman–Crippen MR) is 102 cm³/mol. The first kappa shape index (κ1) is 15.9. The van der Waals surface area contributed by atoms with Crippen molar-refractivity contribution in [1.29, 1.82) is 0 Å². The first-order chi connectivity index (χ1) is 12.2. The Morgan fingerprint density at radius 2 is 1.60 bits per heavy atom. The van der Waals surface area contributed by atoms with E-state index in [1.54, 1.807) is 0 Å². The number of rotatable bonds is 2. The topological polar surface area (TPSA) is 23.6 Å². The number of hydrogen-bond donors (Lipinski definition) is 0. The Morgan fingerprint density at radius 1 is 0.880 bits per heavy atom. The predicted octanol–water partition coefficient (Wildman–Crippen LogP) is 3.97. The van der Waals surface area contributed by atoms with Crippen LogP contribution in [-0.2, 0) is 0 Å². The summed E-state index contributed by atoms with van der Waals surface area (Å²) in [5.74, 6) is 0.118. The Balaban J connectivity index is 1.68. The third-order valence-electron chi connectivity index (χ3n) is 5.03. The Morgan fingerprint density at radius 3 is 2.40 bits per heavy atom. The lowest BCUT2D eigenvalue weighted by atomic mass is 10.0. The van der Waals surface area contributed by atoms with Crippen LogP contribution in [0.5, 0.6) is 0 Å². The number of fused-ring (bicyclic) bond motifs is 1. The van der Waals surface area contributed by atoms with Crippen molar-refractivity contribution in [2.75, 3.05) is 26.7 Å². The van der Waals surface area contributed by atoms with Crippen molar-refractivity contribution in [2.24, 2.45) is 0 Å². The molecule has 0 spiro atoms. The maximum atomic E-state index is 13.2. The Kier molecular flexibility index (Phi) is 4.24. The molecule has 1 amide bonds. The second-order valence-electron chi connectivity index (χ2n) is 6.75. The number of amides is 1. The summed E-state index contributed by atoms with van der Waals surface area (Å²) in [5.41, 5.74) is 1.97. The highest BCUT2D eigenvalue weighted by Gasteiger charge is 2.30. The van der Waals surface area contributed by atoms with Gasteiger partial charge in [0.05, 0.1) is 6.04 Å². The van der Waals surface area contributed by atoms with Gasteiger partial charge in [-0.05, 0) is 35.5 Å². The molecule has 3 heteroatoms. The molecular formula is C22H22N2O. The zero-order valence-corrected chi connectivity index (χ0v) is 14.4. The van der Waals surface area contributed by atoms with Crippen LogP contribution in [-0.4, -0.2) is 42.4 Å². The van der Waals surface area contributed by atoms with Crippen LogP contribution in [0.25, 0.3) is 10.8 Å². The lowest BCUT2D eigenvalue weighted by molar-refractivity contribution is 0.0498. The number of carbonyl (C=O) groups excluding carboxylic acids is 1. The third-order valence-corrected chi connectivity index (χ3v) is 5.03. The Hall–Kier alpha value is -2.65. The molecule has 3 aromatic carbocycles. The van der Waals surface area contributed by atoms with Crippen LogP contribution in [0.3, 0.4) is 0 Å². The summed E-state index contributed by atoms with van der Waals surface area (Å²) >= 11 is 0. The van der Waals surface area contributed by atoms with Crippen molar-refractivity contribution in [2.45, 2.75) is 6.04 Å². The second kappa shape index (κ2) is 6.69. The van der Waals surface area contributed by atoms with Crippen molar-refractivity contribution in [3.05, 3.63) is 83.9 Å². The van der Waals surface area contributed by atoms with Crippen LogP contribution in [0.15, 0.2) is 72.8 Å². The molecule has 1 aliphatic heterocycles. The summed E-state index contributed by atoms with van der Waals surface area (Å²) in [5, 5.41) is 2.27. The highest BCUT2D eigenvalue weighted by atomic mass is 16.2. The number of hydrogen-bond acceptors (Lipinski definition) is 2. The average molecular weight is 330 g/mol.